The number of amides is 3. The fraction of sp³-hybridized carbons (Fsp3) is 0.304. The van der Waals surface area contributed by atoms with Gasteiger partial charge < -0.3 is 4.90 Å². The molecule has 0 radical (unpaired) electrons. The summed E-state index contributed by atoms with van der Waals surface area (Å²) < 4.78 is 15.4. The Kier molecular flexibility index (Phi) is 5.23. The molecule has 2 fully saturated rings. The molecule has 2 atom stereocenters. The zero-order valence-electron chi connectivity index (χ0n) is 18.1. The number of benzene rings is 1. The van der Waals surface area contributed by atoms with E-state index in [0.717, 1.165) is 17.7 Å². The Balaban J connectivity index is 1.43. The van der Waals surface area contributed by atoms with Gasteiger partial charge in [-0.15, -0.1) is 16.9 Å². The van der Waals surface area contributed by atoms with Gasteiger partial charge in [0.1, 0.15) is 22.1 Å². The van der Waals surface area contributed by atoms with E-state index >= 15 is 0 Å². The Morgan fingerprint density at radius 3 is 2.83 bits per heavy atom. The summed E-state index contributed by atoms with van der Waals surface area (Å²) in [4.78, 5) is 35.1. The van der Waals surface area contributed by atoms with Crippen molar-refractivity contribution < 1.29 is 14.0 Å². The van der Waals surface area contributed by atoms with Crippen molar-refractivity contribution in [3.63, 3.8) is 0 Å². The fourth-order valence-electron chi connectivity index (χ4n) is 4.51. The number of hydrogen-bond acceptors (Lipinski definition) is 7. The summed E-state index contributed by atoms with van der Waals surface area (Å²) in [7, 11) is 0. The van der Waals surface area contributed by atoms with Crippen LogP contribution in [-0.2, 0) is 4.79 Å². The van der Waals surface area contributed by atoms with Crippen molar-refractivity contribution in [2.24, 2.45) is 0 Å². The second kappa shape index (κ2) is 8.32. The maximum atomic E-state index is 13.8. The Labute approximate surface area is 208 Å². The molecule has 0 bridgehead atoms. The molecule has 1 saturated heterocycles. The van der Waals surface area contributed by atoms with E-state index in [2.05, 4.69) is 21.4 Å². The highest BCUT2D eigenvalue weighted by molar-refractivity contribution is 8.09. The Morgan fingerprint density at radius 2 is 2.09 bits per heavy atom. The Hall–Kier alpha value is -3.49. The number of nitrogens with zero attached hydrogens (tertiary/aromatic N) is 7. The molecule has 2 aliphatic heterocycles. The van der Waals surface area contributed by atoms with Crippen LogP contribution in [0.5, 0.6) is 0 Å². The van der Waals surface area contributed by atoms with Crippen molar-refractivity contribution in [1.82, 2.24) is 24.9 Å². The molecule has 0 spiro atoms. The summed E-state index contributed by atoms with van der Waals surface area (Å²) in [5.74, 6) is -0.866. The minimum atomic E-state index is -0.664. The smallest absolute Gasteiger partial charge is 0.315 e. The summed E-state index contributed by atoms with van der Waals surface area (Å²) in [6.45, 7) is 0.144. The van der Waals surface area contributed by atoms with Gasteiger partial charge in [0.2, 0.25) is 0 Å². The van der Waals surface area contributed by atoms with Gasteiger partial charge in [0.25, 0.3) is 5.91 Å². The van der Waals surface area contributed by atoms with Gasteiger partial charge in [-0.1, -0.05) is 16.8 Å². The second-order valence-corrected chi connectivity index (χ2v) is 10.1. The number of thioether (sulfide) groups is 1. The number of imide groups is 1. The van der Waals surface area contributed by atoms with Crippen molar-refractivity contribution in [2.75, 3.05) is 11.4 Å². The predicted octanol–water partition coefficient (Wildman–Crippen LogP) is 4.16. The third-order valence-electron chi connectivity index (χ3n) is 6.30. The molecule has 12 heteroatoms. The van der Waals surface area contributed by atoms with E-state index in [-0.39, 0.29) is 24.0 Å². The van der Waals surface area contributed by atoms with E-state index in [9.17, 15) is 19.2 Å². The first kappa shape index (κ1) is 22.0. The van der Waals surface area contributed by atoms with Crippen LogP contribution in [0.1, 0.15) is 30.9 Å². The summed E-state index contributed by atoms with van der Waals surface area (Å²) in [5.41, 5.74) is 1.99. The summed E-state index contributed by atoms with van der Waals surface area (Å²) in [5, 5.41) is 17.1. The monoisotopic (exact) mass is 509 g/mol. The molecule has 2 aromatic heterocycles. The van der Waals surface area contributed by atoms with Gasteiger partial charge in [-0.05, 0) is 37.1 Å². The molecule has 0 N–H and O–H groups in total. The van der Waals surface area contributed by atoms with Gasteiger partial charge in [0.05, 0.1) is 47.7 Å². The van der Waals surface area contributed by atoms with Gasteiger partial charge in [0.15, 0.2) is 0 Å². The predicted molar refractivity (Wildman–Crippen MR) is 128 cm³/mol. The van der Waals surface area contributed by atoms with Crippen molar-refractivity contribution in [1.29, 1.82) is 5.26 Å². The molecule has 6 rings (SSSR count). The van der Waals surface area contributed by atoms with E-state index in [1.54, 1.807) is 23.0 Å². The molecule has 1 aromatic carbocycles. The van der Waals surface area contributed by atoms with Crippen LogP contribution >= 0.6 is 23.4 Å². The summed E-state index contributed by atoms with van der Waals surface area (Å²) in [6.07, 6.45) is 6.83. The lowest BCUT2D eigenvalue weighted by Gasteiger charge is -2.40. The third-order valence-corrected chi connectivity index (χ3v) is 7.96. The molecule has 4 heterocycles. The quantitative estimate of drug-likeness (QED) is 0.508. The number of halogens is 2. The number of pyridine rings is 1. The topological polar surface area (TPSA) is 108 Å². The number of fused-ring (bicyclic) bond motifs is 2. The first-order valence-corrected chi connectivity index (χ1v) is 12.3. The molecular formula is C23H17ClFN7O2S. The molecule has 3 aliphatic rings. The molecule has 176 valence electrons. The molecule has 1 saturated carbocycles. The number of aromatic nitrogens is 4. The first-order chi connectivity index (χ1) is 17.0. The van der Waals surface area contributed by atoms with Crippen molar-refractivity contribution >= 4 is 56.9 Å². The normalized spacial score (nSPS) is 21.9. The zero-order chi connectivity index (χ0) is 24.3. The maximum Gasteiger partial charge on any atom is 0.332 e. The van der Waals surface area contributed by atoms with Crippen molar-refractivity contribution in [2.45, 2.75) is 36.6 Å². The van der Waals surface area contributed by atoms with E-state index < -0.39 is 29.0 Å². The number of nitriles is 1. The van der Waals surface area contributed by atoms with Crippen LogP contribution in [0.15, 0.2) is 36.7 Å². The third kappa shape index (κ3) is 3.56. The van der Waals surface area contributed by atoms with Crippen LogP contribution in [0, 0.1) is 17.1 Å². The van der Waals surface area contributed by atoms with Crippen molar-refractivity contribution in [3.8, 4) is 6.07 Å². The number of urea groups is 1. The average molecular weight is 510 g/mol. The van der Waals surface area contributed by atoms with Gasteiger partial charge in [-0.2, -0.15) is 5.26 Å². The molecule has 1 aliphatic carbocycles. The number of anilines is 1. The van der Waals surface area contributed by atoms with Gasteiger partial charge in [-0.3, -0.25) is 9.78 Å². The van der Waals surface area contributed by atoms with E-state index in [4.69, 9.17) is 11.6 Å². The lowest BCUT2D eigenvalue weighted by Crippen LogP contribution is -2.62. The van der Waals surface area contributed by atoms with Crippen LogP contribution in [0.25, 0.3) is 15.9 Å². The van der Waals surface area contributed by atoms with Gasteiger partial charge in [-0.25, -0.2) is 18.8 Å². The Morgan fingerprint density at radius 1 is 1.26 bits per heavy atom. The Bertz CT molecular complexity index is 1460. The highest BCUT2D eigenvalue weighted by atomic mass is 35.5. The van der Waals surface area contributed by atoms with Gasteiger partial charge >= 0.3 is 6.03 Å². The first-order valence-electron chi connectivity index (χ1n) is 11.0. The minimum Gasteiger partial charge on any atom is -0.315 e. The number of carbonyl (C=O) groups excluding carboxylic acids is 2. The molecule has 3 aromatic rings. The second-order valence-electron chi connectivity index (χ2n) is 8.53. The SMILES string of the molecule is N#CCCN1C(=O)N(c2cncc3nnn(C4CC4)c23)C(=O)C2SC(c3ccc(F)cc3Cl)=CC21. The van der Waals surface area contributed by atoms with Crippen LogP contribution in [0.3, 0.4) is 0 Å². The van der Waals surface area contributed by atoms with Crippen molar-refractivity contribution in [3.05, 3.63) is 53.1 Å². The number of hydrogen-bond donors (Lipinski definition) is 0. The highest BCUT2D eigenvalue weighted by Gasteiger charge is 2.50. The van der Waals surface area contributed by atoms with Crippen LogP contribution in [0.4, 0.5) is 14.9 Å². The lowest BCUT2D eigenvalue weighted by molar-refractivity contribution is -0.119. The number of rotatable bonds is 5. The average Bonchev–Trinajstić information content (AvgIpc) is 3.43. The largest absolute Gasteiger partial charge is 0.332 e. The maximum absolute atomic E-state index is 13.8. The fourth-order valence-corrected chi connectivity index (χ4v) is 6.21. The number of carbonyl (C=O) groups is 2. The standard InChI is InChI=1S/C23H17ClFN7O2S/c24-15-8-12(25)2-5-14(15)19-9-17-21(35-19)22(33)31(23(34)30(17)7-1-6-26)18-11-27-10-16-20(18)32(29-28-16)13-3-4-13/h2,5,8-11,13,17,21H,1,3-4,7H2. The summed E-state index contributed by atoms with van der Waals surface area (Å²) in [6, 6.07) is 5.22. The van der Waals surface area contributed by atoms with E-state index in [1.807, 2.05) is 0 Å². The highest BCUT2D eigenvalue weighted by Crippen LogP contribution is 2.47. The summed E-state index contributed by atoms with van der Waals surface area (Å²) >= 11 is 7.56. The molecular weight excluding hydrogens is 493 g/mol. The minimum absolute atomic E-state index is 0.103. The van der Waals surface area contributed by atoms with Crippen LogP contribution in [0.2, 0.25) is 5.02 Å². The van der Waals surface area contributed by atoms with Crippen LogP contribution in [-0.4, -0.2) is 54.7 Å². The lowest BCUT2D eigenvalue weighted by atomic mass is 10.0. The van der Waals surface area contributed by atoms with Crippen LogP contribution < -0.4 is 4.90 Å². The van der Waals surface area contributed by atoms with E-state index in [1.165, 1.54) is 35.0 Å². The van der Waals surface area contributed by atoms with Gasteiger partial charge in [0, 0.05) is 17.0 Å². The molecule has 35 heavy (non-hydrogen) atoms. The van der Waals surface area contributed by atoms with E-state index in [0.29, 0.717) is 27.2 Å². The molecule has 2 unspecified atom stereocenters. The zero-order valence-corrected chi connectivity index (χ0v) is 19.7. The molecule has 9 nitrogen and oxygen atoms in total. The molecule has 3 amide bonds.